The van der Waals surface area contributed by atoms with Crippen molar-refractivity contribution in [1.29, 1.82) is 0 Å². The van der Waals surface area contributed by atoms with E-state index >= 15 is 0 Å². The SMILES string of the molecule is COC(=O)c1cc(N=Cc2ccc(OCc3ccc(C(=O)O)cc3)c(OC)c2)ccc1Cl. The van der Waals surface area contributed by atoms with Gasteiger partial charge in [0, 0.05) is 6.21 Å². The van der Waals surface area contributed by atoms with Crippen LogP contribution in [0.4, 0.5) is 5.69 Å². The lowest BCUT2D eigenvalue weighted by Gasteiger charge is -2.11. The Bertz CT molecular complexity index is 1160. The fourth-order valence-corrected chi connectivity index (χ4v) is 2.99. The Kier molecular flexibility index (Phi) is 7.46. The smallest absolute Gasteiger partial charge is 0.339 e. The lowest BCUT2D eigenvalue weighted by molar-refractivity contribution is 0.0600. The van der Waals surface area contributed by atoms with E-state index in [0.717, 1.165) is 11.1 Å². The van der Waals surface area contributed by atoms with Crippen molar-refractivity contribution in [2.24, 2.45) is 4.99 Å². The quantitative estimate of drug-likeness (QED) is 0.374. The van der Waals surface area contributed by atoms with Crippen LogP contribution in [0.15, 0.2) is 65.7 Å². The van der Waals surface area contributed by atoms with E-state index in [1.54, 1.807) is 48.7 Å². The van der Waals surface area contributed by atoms with Gasteiger partial charge in [0.05, 0.1) is 36.1 Å². The third kappa shape index (κ3) is 5.65. The number of benzene rings is 3. The van der Waals surface area contributed by atoms with Crippen molar-refractivity contribution in [3.63, 3.8) is 0 Å². The molecular weight excluding hydrogens is 434 g/mol. The molecule has 0 atom stereocenters. The van der Waals surface area contributed by atoms with E-state index in [1.807, 2.05) is 6.07 Å². The summed E-state index contributed by atoms with van der Waals surface area (Å²) in [6.45, 7) is 0.255. The molecule has 0 aliphatic rings. The molecule has 0 saturated carbocycles. The second-order valence-electron chi connectivity index (χ2n) is 6.61. The van der Waals surface area contributed by atoms with Crippen LogP contribution in [-0.2, 0) is 11.3 Å². The average Bonchev–Trinajstić information content (AvgIpc) is 2.82. The summed E-state index contributed by atoms with van der Waals surface area (Å²) in [5.41, 5.74) is 2.58. The Morgan fingerprint density at radius 1 is 1.00 bits per heavy atom. The fraction of sp³-hybridized carbons (Fsp3) is 0.125. The van der Waals surface area contributed by atoms with Crippen molar-refractivity contribution in [2.45, 2.75) is 6.61 Å². The molecule has 0 saturated heterocycles. The number of carbonyl (C=O) groups excluding carboxylic acids is 1. The fourth-order valence-electron chi connectivity index (χ4n) is 2.80. The Hall–Kier alpha value is -3.84. The summed E-state index contributed by atoms with van der Waals surface area (Å²) in [4.78, 5) is 27.1. The number of carboxylic acid groups (broad SMARTS) is 1. The lowest BCUT2D eigenvalue weighted by Crippen LogP contribution is -2.01. The molecule has 0 heterocycles. The van der Waals surface area contributed by atoms with E-state index in [1.165, 1.54) is 26.4 Å². The number of halogens is 1. The first-order chi connectivity index (χ1) is 15.4. The van der Waals surface area contributed by atoms with Crippen molar-refractivity contribution in [3.8, 4) is 11.5 Å². The Labute approximate surface area is 189 Å². The van der Waals surface area contributed by atoms with Gasteiger partial charge in [0.25, 0.3) is 0 Å². The van der Waals surface area contributed by atoms with Crippen LogP contribution in [0.5, 0.6) is 11.5 Å². The highest BCUT2D eigenvalue weighted by atomic mass is 35.5. The van der Waals surface area contributed by atoms with Crippen molar-refractivity contribution >= 4 is 35.4 Å². The molecule has 0 spiro atoms. The maximum absolute atomic E-state index is 11.8. The molecule has 164 valence electrons. The third-order valence-electron chi connectivity index (χ3n) is 4.50. The molecule has 0 unspecified atom stereocenters. The highest BCUT2D eigenvalue weighted by Crippen LogP contribution is 2.29. The molecule has 3 rings (SSSR count). The second kappa shape index (κ2) is 10.5. The number of carboxylic acids is 1. The molecule has 0 radical (unpaired) electrons. The minimum atomic E-state index is -0.975. The highest BCUT2D eigenvalue weighted by Gasteiger charge is 2.11. The van der Waals surface area contributed by atoms with Crippen LogP contribution in [0, 0.1) is 0 Å². The van der Waals surface area contributed by atoms with E-state index in [4.69, 9.17) is 30.9 Å². The second-order valence-corrected chi connectivity index (χ2v) is 7.02. The Morgan fingerprint density at radius 3 is 2.41 bits per heavy atom. The molecule has 0 aromatic heterocycles. The van der Waals surface area contributed by atoms with Gasteiger partial charge in [0.2, 0.25) is 0 Å². The molecular formula is C24H20ClNO6. The number of esters is 1. The lowest BCUT2D eigenvalue weighted by atomic mass is 10.1. The minimum absolute atomic E-state index is 0.217. The number of hydrogen-bond acceptors (Lipinski definition) is 6. The first kappa shape index (κ1) is 22.8. The van der Waals surface area contributed by atoms with Gasteiger partial charge in [0.1, 0.15) is 6.61 Å². The number of rotatable bonds is 8. The van der Waals surface area contributed by atoms with Crippen molar-refractivity contribution < 1.29 is 28.9 Å². The molecule has 32 heavy (non-hydrogen) atoms. The van der Waals surface area contributed by atoms with Gasteiger partial charge < -0.3 is 19.3 Å². The largest absolute Gasteiger partial charge is 0.493 e. The van der Waals surface area contributed by atoms with Crippen LogP contribution in [0.2, 0.25) is 5.02 Å². The summed E-state index contributed by atoms with van der Waals surface area (Å²) in [6, 6.07) is 16.6. The van der Waals surface area contributed by atoms with E-state index in [0.29, 0.717) is 17.2 Å². The van der Waals surface area contributed by atoms with Gasteiger partial charge in [-0.1, -0.05) is 23.7 Å². The molecule has 0 fully saturated rings. The number of methoxy groups -OCH3 is 2. The van der Waals surface area contributed by atoms with Gasteiger partial charge in [-0.05, 0) is 59.7 Å². The van der Waals surface area contributed by atoms with E-state index in [-0.39, 0.29) is 22.8 Å². The number of hydrogen-bond donors (Lipinski definition) is 1. The zero-order chi connectivity index (χ0) is 23.1. The maximum atomic E-state index is 11.8. The van der Waals surface area contributed by atoms with Gasteiger partial charge in [0.15, 0.2) is 11.5 Å². The number of aliphatic imine (C=N–C) groups is 1. The highest BCUT2D eigenvalue weighted by molar-refractivity contribution is 6.33. The first-order valence-electron chi connectivity index (χ1n) is 9.46. The van der Waals surface area contributed by atoms with Gasteiger partial charge in [-0.3, -0.25) is 4.99 Å². The van der Waals surface area contributed by atoms with E-state index in [2.05, 4.69) is 4.99 Å². The Balaban J connectivity index is 1.72. The zero-order valence-electron chi connectivity index (χ0n) is 17.4. The minimum Gasteiger partial charge on any atom is -0.493 e. The van der Waals surface area contributed by atoms with Crippen molar-refractivity contribution in [3.05, 3.63) is 87.9 Å². The van der Waals surface area contributed by atoms with Gasteiger partial charge in [-0.15, -0.1) is 0 Å². The first-order valence-corrected chi connectivity index (χ1v) is 9.84. The van der Waals surface area contributed by atoms with Crippen LogP contribution >= 0.6 is 11.6 Å². The summed E-state index contributed by atoms with van der Waals surface area (Å²) >= 11 is 6.03. The molecule has 8 heteroatoms. The predicted molar refractivity (Wildman–Crippen MR) is 121 cm³/mol. The van der Waals surface area contributed by atoms with E-state index in [9.17, 15) is 9.59 Å². The summed E-state index contributed by atoms with van der Waals surface area (Å²) in [7, 11) is 2.82. The van der Waals surface area contributed by atoms with Gasteiger partial charge in [-0.2, -0.15) is 0 Å². The standard InChI is InChI=1S/C24H20ClNO6/c1-30-22-11-16(13-26-18-8-9-20(25)19(12-18)24(29)31-2)5-10-21(22)32-14-15-3-6-17(7-4-15)23(27)28/h3-13H,14H2,1-2H3,(H,27,28). The summed E-state index contributed by atoms with van der Waals surface area (Å²) < 4.78 is 15.9. The van der Waals surface area contributed by atoms with Crippen LogP contribution in [0.25, 0.3) is 0 Å². The van der Waals surface area contributed by atoms with Crippen LogP contribution in [0.1, 0.15) is 31.8 Å². The molecule has 0 bridgehead atoms. The summed E-state index contributed by atoms with van der Waals surface area (Å²) in [6.07, 6.45) is 1.63. The number of nitrogens with zero attached hydrogens (tertiary/aromatic N) is 1. The van der Waals surface area contributed by atoms with Crippen LogP contribution in [0.3, 0.4) is 0 Å². The molecule has 3 aromatic carbocycles. The third-order valence-corrected chi connectivity index (χ3v) is 4.83. The van der Waals surface area contributed by atoms with Crippen molar-refractivity contribution in [2.75, 3.05) is 14.2 Å². The van der Waals surface area contributed by atoms with Gasteiger partial charge in [-0.25, -0.2) is 9.59 Å². The van der Waals surface area contributed by atoms with Crippen LogP contribution < -0.4 is 9.47 Å². The molecule has 7 nitrogen and oxygen atoms in total. The molecule has 0 amide bonds. The molecule has 1 N–H and O–H groups in total. The summed E-state index contributed by atoms with van der Waals surface area (Å²) in [5.74, 6) is -0.460. The predicted octanol–water partition coefficient (Wildman–Crippen LogP) is 5.16. The molecule has 0 aliphatic carbocycles. The summed E-state index contributed by atoms with van der Waals surface area (Å²) in [5, 5.41) is 9.26. The maximum Gasteiger partial charge on any atom is 0.339 e. The molecule has 3 aromatic rings. The van der Waals surface area contributed by atoms with Crippen LogP contribution in [-0.4, -0.2) is 37.5 Å². The number of carbonyl (C=O) groups is 2. The average molecular weight is 454 g/mol. The van der Waals surface area contributed by atoms with E-state index < -0.39 is 11.9 Å². The monoisotopic (exact) mass is 453 g/mol. The Morgan fingerprint density at radius 2 is 1.75 bits per heavy atom. The van der Waals surface area contributed by atoms with Gasteiger partial charge >= 0.3 is 11.9 Å². The topological polar surface area (TPSA) is 94.4 Å². The van der Waals surface area contributed by atoms with Crippen molar-refractivity contribution in [1.82, 2.24) is 0 Å². The number of ether oxygens (including phenoxy) is 3. The number of aromatic carboxylic acids is 1. The zero-order valence-corrected chi connectivity index (χ0v) is 18.1. The normalized spacial score (nSPS) is 10.7. The molecule has 0 aliphatic heterocycles.